The van der Waals surface area contributed by atoms with Gasteiger partial charge in [0.1, 0.15) is 5.75 Å². The highest BCUT2D eigenvalue weighted by atomic mass is 16.5. The van der Waals surface area contributed by atoms with Crippen molar-refractivity contribution in [3.63, 3.8) is 0 Å². The van der Waals surface area contributed by atoms with Crippen molar-refractivity contribution in [2.45, 2.75) is 18.4 Å². The largest absolute Gasteiger partial charge is 0.493 e. The van der Waals surface area contributed by atoms with Crippen molar-refractivity contribution in [1.82, 2.24) is 5.32 Å². The monoisotopic (exact) mass is 283 g/mol. The molecule has 0 bridgehead atoms. The Bertz CT molecular complexity index is 570. The van der Waals surface area contributed by atoms with Crippen LogP contribution in [0.5, 0.6) is 5.75 Å². The van der Waals surface area contributed by atoms with Crippen LogP contribution in [0, 0.1) is 0 Å². The van der Waals surface area contributed by atoms with Crippen molar-refractivity contribution in [2.24, 2.45) is 0 Å². The second-order valence-electron chi connectivity index (χ2n) is 5.52. The molecule has 1 aliphatic rings. The summed E-state index contributed by atoms with van der Waals surface area (Å²) in [5, 5.41) is 13.0. The number of nitrogens with one attached hydrogen (secondary N) is 1. The van der Waals surface area contributed by atoms with Gasteiger partial charge in [0.25, 0.3) is 0 Å². The lowest BCUT2D eigenvalue weighted by atomic mass is 10.00. The van der Waals surface area contributed by atoms with Crippen molar-refractivity contribution < 1.29 is 9.84 Å². The van der Waals surface area contributed by atoms with Gasteiger partial charge in [0.15, 0.2) is 0 Å². The van der Waals surface area contributed by atoms with Crippen molar-refractivity contribution in [2.75, 3.05) is 19.8 Å². The van der Waals surface area contributed by atoms with Crippen molar-refractivity contribution in [3.05, 3.63) is 65.7 Å². The lowest BCUT2D eigenvalue weighted by Crippen LogP contribution is -2.37. The summed E-state index contributed by atoms with van der Waals surface area (Å²) in [6.45, 7) is 1.69. The minimum Gasteiger partial charge on any atom is -0.493 e. The average Bonchev–Trinajstić information content (AvgIpc) is 2.96. The quantitative estimate of drug-likeness (QED) is 0.855. The minimum absolute atomic E-state index is 0.0835. The third-order valence-corrected chi connectivity index (χ3v) is 4.00. The summed E-state index contributed by atoms with van der Waals surface area (Å²) in [6, 6.07) is 18.5. The van der Waals surface area contributed by atoms with E-state index in [2.05, 4.69) is 23.5 Å². The lowest BCUT2D eigenvalue weighted by Gasteiger charge is -2.19. The fraction of sp³-hybridized carbons (Fsp3) is 0.333. The first kappa shape index (κ1) is 14.1. The van der Waals surface area contributed by atoms with Crippen LogP contribution in [-0.4, -0.2) is 30.9 Å². The van der Waals surface area contributed by atoms with Gasteiger partial charge in [-0.3, -0.25) is 0 Å². The van der Waals surface area contributed by atoms with Crippen LogP contribution >= 0.6 is 0 Å². The summed E-state index contributed by atoms with van der Waals surface area (Å²) >= 11 is 0. The van der Waals surface area contributed by atoms with E-state index in [0.29, 0.717) is 5.92 Å². The van der Waals surface area contributed by atoms with E-state index in [1.807, 2.05) is 36.4 Å². The zero-order valence-corrected chi connectivity index (χ0v) is 12.0. The van der Waals surface area contributed by atoms with Crippen LogP contribution in [0.4, 0.5) is 0 Å². The van der Waals surface area contributed by atoms with E-state index in [9.17, 15) is 5.11 Å². The number of rotatable bonds is 6. The topological polar surface area (TPSA) is 41.5 Å². The molecule has 1 heterocycles. The van der Waals surface area contributed by atoms with Crippen LogP contribution in [0.1, 0.15) is 17.0 Å². The maximum Gasteiger partial charge on any atom is 0.122 e. The molecule has 2 aromatic rings. The van der Waals surface area contributed by atoms with Gasteiger partial charge in [0.2, 0.25) is 0 Å². The standard InChI is InChI=1S/C18H21NO2/c20-12-16(10-14-6-2-1-3-7-14)19-11-15-13-21-18-9-5-4-8-17(15)18/h1-9,15-16,19-20H,10-13H2. The number of fused-ring (bicyclic) bond motifs is 1. The predicted octanol–water partition coefficient (Wildman–Crippen LogP) is 2.36. The second kappa shape index (κ2) is 6.74. The Labute approximate surface area is 125 Å². The molecule has 2 unspecified atom stereocenters. The van der Waals surface area contributed by atoms with E-state index in [1.54, 1.807) is 0 Å². The first-order valence-corrected chi connectivity index (χ1v) is 7.46. The van der Waals surface area contributed by atoms with Gasteiger partial charge in [-0.15, -0.1) is 0 Å². The molecule has 0 aliphatic carbocycles. The molecule has 0 amide bonds. The Hall–Kier alpha value is -1.84. The van der Waals surface area contributed by atoms with Crippen molar-refractivity contribution in [3.8, 4) is 5.75 Å². The van der Waals surface area contributed by atoms with Gasteiger partial charge in [-0.2, -0.15) is 0 Å². The van der Waals surface area contributed by atoms with Crippen LogP contribution in [0.25, 0.3) is 0 Å². The Morgan fingerprint density at radius 1 is 1.10 bits per heavy atom. The van der Waals surface area contributed by atoms with Crippen LogP contribution in [0.2, 0.25) is 0 Å². The number of hydrogen-bond donors (Lipinski definition) is 2. The molecular formula is C18H21NO2. The second-order valence-corrected chi connectivity index (χ2v) is 5.52. The fourth-order valence-corrected chi connectivity index (χ4v) is 2.81. The summed E-state index contributed by atoms with van der Waals surface area (Å²) in [6.07, 6.45) is 0.840. The Morgan fingerprint density at radius 3 is 2.67 bits per heavy atom. The first-order valence-electron chi connectivity index (χ1n) is 7.46. The fourth-order valence-electron chi connectivity index (χ4n) is 2.81. The molecule has 1 aliphatic heterocycles. The molecule has 3 nitrogen and oxygen atoms in total. The van der Waals surface area contributed by atoms with Gasteiger partial charge in [-0.1, -0.05) is 48.5 Å². The van der Waals surface area contributed by atoms with Crippen LogP contribution in [0.15, 0.2) is 54.6 Å². The SMILES string of the molecule is OCC(Cc1ccccc1)NCC1COc2ccccc21. The molecule has 110 valence electrons. The maximum absolute atomic E-state index is 9.56. The predicted molar refractivity (Wildman–Crippen MR) is 83.7 cm³/mol. The number of benzene rings is 2. The summed E-state index contributed by atoms with van der Waals surface area (Å²) < 4.78 is 5.69. The van der Waals surface area contributed by atoms with E-state index in [0.717, 1.165) is 25.3 Å². The molecule has 0 fully saturated rings. The van der Waals surface area contributed by atoms with Gasteiger partial charge in [-0.25, -0.2) is 0 Å². The normalized spacial score (nSPS) is 18.0. The highest BCUT2D eigenvalue weighted by Crippen LogP contribution is 2.32. The van der Waals surface area contributed by atoms with Gasteiger partial charge in [-0.05, 0) is 18.1 Å². The average molecular weight is 283 g/mol. The Kier molecular flexibility index (Phi) is 4.53. The molecule has 0 saturated carbocycles. The van der Waals surface area contributed by atoms with Gasteiger partial charge >= 0.3 is 0 Å². The molecule has 21 heavy (non-hydrogen) atoms. The van der Waals surface area contributed by atoms with Crippen molar-refractivity contribution >= 4 is 0 Å². The molecule has 0 spiro atoms. The van der Waals surface area contributed by atoms with Gasteiger partial charge < -0.3 is 15.2 Å². The van der Waals surface area contributed by atoms with E-state index in [1.165, 1.54) is 11.1 Å². The molecule has 2 atom stereocenters. The van der Waals surface area contributed by atoms with Gasteiger partial charge in [0, 0.05) is 24.1 Å². The minimum atomic E-state index is 0.0835. The third kappa shape index (κ3) is 3.43. The molecule has 2 N–H and O–H groups in total. The maximum atomic E-state index is 9.56. The Morgan fingerprint density at radius 2 is 1.86 bits per heavy atom. The summed E-state index contributed by atoms with van der Waals surface area (Å²) in [5.41, 5.74) is 2.51. The highest BCUT2D eigenvalue weighted by molar-refractivity contribution is 5.39. The van der Waals surface area contributed by atoms with Crippen LogP contribution in [0.3, 0.4) is 0 Å². The molecule has 3 heteroatoms. The van der Waals surface area contributed by atoms with Gasteiger partial charge in [0.05, 0.1) is 13.2 Å². The third-order valence-electron chi connectivity index (χ3n) is 4.00. The highest BCUT2D eigenvalue weighted by Gasteiger charge is 2.24. The van der Waals surface area contributed by atoms with E-state index >= 15 is 0 Å². The first-order chi connectivity index (χ1) is 10.4. The summed E-state index contributed by atoms with van der Waals surface area (Å²) in [7, 11) is 0. The molecule has 2 aromatic carbocycles. The molecule has 0 aromatic heterocycles. The number of para-hydroxylation sites is 1. The Balaban J connectivity index is 1.57. The molecule has 0 saturated heterocycles. The summed E-state index contributed by atoms with van der Waals surface area (Å²) in [5.74, 6) is 1.36. The number of hydrogen-bond acceptors (Lipinski definition) is 3. The number of aliphatic hydroxyl groups excluding tert-OH is 1. The van der Waals surface area contributed by atoms with Crippen LogP contribution in [-0.2, 0) is 6.42 Å². The number of aliphatic hydroxyl groups is 1. The zero-order valence-electron chi connectivity index (χ0n) is 12.0. The smallest absolute Gasteiger partial charge is 0.122 e. The molecule has 3 rings (SSSR count). The summed E-state index contributed by atoms with van der Waals surface area (Å²) in [4.78, 5) is 0. The van der Waals surface area contributed by atoms with E-state index in [-0.39, 0.29) is 12.6 Å². The van der Waals surface area contributed by atoms with Crippen LogP contribution < -0.4 is 10.1 Å². The lowest BCUT2D eigenvalue weighted by molar-refractivity contribution is 0.236. The molecule has 0 radical (unpaired) electrons. The molecular weight excluding hydrogens is 262 g/mol. The number of ether oxygens (including phenoxy) is 1. The zero-order chi connectivity index (χ0) is 14.5. The van der Waals surface area contributed by atoms with E-state index in [4.69, 9.17) is 4.74 Å². The van der Waals surface area contributed by atoms with Crippen molar-refractivity contribution in [1.29, 1.82) is 0 Å². The van der Waals surface area contributed by atoms with E-state index < -0.39 is 0 Å².